The Morgan fingerprint density at radius 1 is 1.16 bits per heavy atom. The fraction of sp³-hybridized carbons (Fsp3) is 0.480. The van der Waals surface area contributed by atoms with Gasteiger partial charge in [0.05, 0.1) is 30.4 Å². The maximum Gasteiger partial charge on any atom is 0.235 e. The minimum Gasteiger partial charge on any atom is -0.497 e. The third-order valence-electron chi connectivity index (χ3n) is 6.74. The Bertz CT molecular complexity index is 1100. The van der Waals surface area contributed by atoms with Crippen LogP contribution in [0.4, 0.5) is 11.4 Å². The molecule has 4 rings (SSSR count). The number of methoxy groups -OCH3 is 1. The van der Waals surface area contributed by atoms with Crippen LogP contribution in [0.1, 0.15) is 62.6 Å². The van der Waals surface area contributed by atoms with Crippen LogP contribution in [0.15, 0.2) is 42.5 Å². The van der Waals surface area contributed by atoms with E-state index in [9.17, 15) is 13.7 Å². The number of sulfonamides is 1. The molecule has 2 aromatic carbocycles. The van der Waals surface area contributed by atoms with Crippen LogP contribution in [-0.2, 0) is 10.0 Å². The monoisotopic (exact) mass is 453 g/mol. The molecule has 2 aliphatic rings. The Morgan fingerprint density at radius 2 is 1.84 bits per heavy atom. The zero-order chi connectivity index (χ0) is 22.9. The highest BCUT2D eigenvalue weighted by atomic mass is 32.2. The van der Waals surface area contributed by atoms with Crippen molar-refractivity contribution in [1.82, 2.24) is 0 Å². The smallest absolute Gasteiger partial charge is 0.235 e. The maximum absolute atomic E-state index is 12.2. The average Bonchev–Trinajstić information content (AvgIpc) is 3.40. The maximum atomic E-state index is 12.2. The molecule has 0 radical (unpaired) electrons. The van der Waals surface area contributed by atoms with Crippen LogP contribution in [0, 0.1) is 17.2 Å². The van der Waals surface area contributed by atoms with E-state index in [1.807, 2.05) is 30.3 Å². The van der Waals surface area contributed by atoms with Crippen molar-refractivity contribution in [2.75, 3.05) is 23.3 Å². The first kappa shape index (κ1) is 22.5. The zero-order valence-electron chi connectivity index (χ0n) is 18.9. The number of ether oxygens (including phenoxy) is 1. The first-order chi connectivity index (χ1) is 15.3. The minimum atomic E-state index is -3.40. The second kappa shape index (κ2) is 9.03. The van der Waals surface area contributed by atoms with Crippen molar-refractivity contribution in [3.63, 3.8) is 0 Å². The summed E-state index contributed by atoms with van der Waals surface area (Å²) in [5, 5.41) is 9.61. The molecule has 1 heterocycles. The molecule has 1 aliphatic heterocycles. The average molecular weight is 454 g/mol. The minimum absolute atomic E-state index is 0.113. The molecule has 0 spiro atoms. The number of hydrogen-bond donors (Lipinski definition) is 1. The third-order valence-corrected chi connectivity index (χ3v) is 8.50. The topological polar surface area (TPSA) is 82.4 Å². The van der Waals surface area contributed by atoms with Crippen molar-refractivity contribution < 1.29 is 13.2 Å². The van der Waals surface area contributed by atoms with E-state index < -0.39 is 15.3 Å². The molecule has 2 unspecified atom stereocenters. The molecule has 0 bridgehead atoms. The number of anilines is 2. The van der Waals surface area contributed by atoms with Crippen LogP contribution in [-0.4, -0.2) is 27.3 Å². The Balaban J connectivity index is 1.69. The van der Waals surface area contributed by atoms with E-state index in [2.05, 4.69) is 15.7 Å². The second-order valence-electron chi connectivity index (χ2n) is 9.10. The van der Waals surface area contributed by atoms with Crippen LogP contribution < -0.4 is 14.4 Å². The van der Waals surface area contributed by atoms with Gasteiger partial charge in [-0.15, -0.1) is 0 Å². The largest absolute Gasteiger partial charge is 0.497 e. The van der Waals surface area contributed by atoms with Crippen molar-refractivity contribution in [3.05, 3.63) is 53.6 Å². The number of nitrogens with one attached hydrogen (secondary N) is 1. The predicted molar refractivity (Wildman–Crippen MR) is 128 cm³/mol. The summed E-state index contributed by atoms with van der Waals surface area (Å²) in [5.74, 6) is 1.11. The van der Waals surface area contributed by atoms with Gasteiger partial charge >= 0.3 is 0 Å². The molecule has 7 heteroatoms. The molecule has 0 aromatic heterocycles. The molecule has 2 atom stereocenters. The summed E-state index contributed by atoms with van der Waals surface area (Å²) in [6, 6.07) is 15.9. The van der Waals surface area contributed by atoms with Gasteiger partial charge in [-0.05, 0) is 61.9 Å². The highest BCUT2D eigenvalue weighted by molar-refractivity contribution is 7.93. The van der Waals surface area contributed by atoms with E-state index in [1.54, 1.807) is 33.1 Å². The van der Waals surface area contributed by atoms with E-state index >= 15 is 0 Å². The Kier molecular flexibility index (Phi) is 6.34. The fourth-order valence-electron chi connectivity index (χ4n) is 4.89. The van der Waals surface area contributed by atoms with Gasteiger partial charge < -0.3 is 9.64 Å². The van der Waals surface area contributed by atoms with Crippen LogP contribution in [0.2, 0.25) is 0 Å². The number of rotatable bonds is 7. The summed E-state index contributed by atoms with van der Waals surface area (Å²) >= 11 is 0. The van der Waals surface area contributed by atoms with E-state index in [1.165, 1.54) is 25.7 Å². The highest BCUT2D eigenvalue weighted by Gasteiger charge is 2.41. The van der Waals surface area contributed by atoms with Crippen LogP contribution in [0.25, 0.3) is 0 Å². The number of benzene rings is 2. The van der Waals surface area contributed by atoms with Crippen molar-refractivity contribution in [3.8, 4) is 11.8 Å². The number of hydrogen-bond acceptors (Lipinski definition) is 5. The first-order valence-electron chi connectivity index (χ1n) is 11.3. The lowest BCUT2D eigenvalue weighted by atomic mass is 9.91. The summed E-state index contributed by atoms with van der Waals surface area (Å²) in [4.78, 5) is 2.37. The van der Waals surface area contributed by atoms with Crippen molar-refractivity contribution >= 4 is 21.4 Å². The van der Waals surface area contributed by atoms with E-state index in [0.717, 1.165) is 29.1 Å². The third kappa shape index (κ3) is 4.29. The Labute approximate surface area is 191 Å². The molecule has 1 saturated carbocycles. The summed E-state index contributed by atoms with van der Waals surface area (Å²) in [6.45, 7) is 4.21. The molecule has 6 nitrogen and oxygen atoms in total. The lowest BCUT2D eigenvalue weighted by molar-refractivity contribution is 0.414. The molecule has 2 aromatic rings. The molecule has 32 heavy (non-hydrogen) atoms. The summed E-state index contributed by atoms with van der Waals surface area (Å²) in [6.07, 6.45) is 4.96. The molecule has 1 fully saturated rings. The van der Waals surface area contributed by atoms with Crippen LogP contribution >= 0.6 is 0 Å². The van der Waals surface area contributed by atoms with E-state index in [-0.39, 0.29) is 12.0 Å². The predicted octanol–water partition coefficient (Wildman–Crippen LogP) is 5.20. The van der Waals surface area contributed by atoms with Crippen molar-refractivity contribution in [1.29, 1.82) is 5.26 Å². The quantitative estimate of drug-likeness (QED) is 0.623. The van der Waals surface area contributed by atoms with Gasteiger partial charge in [0.2, 0.25) is 10.0 Å². The lowest BCUT2D eigenvalue weighted by Gasteiger charge is -2.31. The number of fused-ring (bicyclic) bond motifs is 1. The molecule has 170 valence electrons. The van der Waals surface area contributed by atoms with Gasteiger partial charge in [0.15, 0.2) is 0 Å². The van der Waals surface area contributed by atoms with Crippen LogP contribution in [0.5, 0.6) is 5.75 Å². The standard InChI is InChI=1S/C25H31N3O3S/c1-17(2)32(29,30)27-20-10-8-19(9-11-20)25-23(15-26)22-13-12-21(31-3)14-24(22)28(25)16-18-6-4-5-7-18/h8-14,17-18,23,25,27H,4-7,16H2,1-3H3. The normalized spacial score (nSPS) is 20.9. The molecule has 1 N–H and O–H groups in total. The van der Waals surface area contributed by atoms with Gasteiger partial charge in [0.1, 0.15) is 5.75 Å². The Morgan fingerprint density at radius 3 is 2.44 bits per heavy atom. The van der Waals surface area contributed by atoms with Gasteiger partial charge in [-0.3, -0.25) is 4.72 Å². The van der Waals surface area contributed by atoms with Crippen LogP contribution in [0.3, 0.4) is 0 Å². The summed E-state index contributed by atoms with van der Waals surface area (Å²) in [7, 11) is -1.74. The van der Waals surface area contributed by atoms with Gasteiger partial charge in [-0.1, -0.05) is 31.0 Å². The summed E-state index contributed by atoms with van der Waals surface area (Å²) < 4.78 is 32.6. The molecular formula is C25H31N3O3S. The zero-order valence-corrected chi connectivity index (χ0v) is 19.7. The number of nitriles is 1. The van der Waals surface area contributed by atoms with Gasteiger partial charge in [0, 0.05) is 24.0 Å². The first-order valence-corrected chi connectivity index (χ1v) is 12.8. The van der Waals surface area contributed by atoms with Gasteiger partial charge in [-0.25, -0.2) is 8.42 Å². The van der Waals surface area contributed by atoms with E-state index in [0.29, 0.717) is 11.6 Å². The van der Waals surface area contributed by atoms with Crippen molar-refractivity contribution in [2.45, 2.75) is 56.7 Å². The Hall–Kier alpha value is -2.72. The SMILES string of the molecule is COc1ccc2c(c1)N(CC1CCCC1)C(c1ccc(NS(=O)(=O)C(C)C)cc1)C2C#N. The number of nitrogens with zero attached hydrogens (tertiary/aromatic N) is 2. The molecule has 0 amide bonds. The lowest BCUT2D eigenvalue weighted by Crippen LogP contribution is -2.31. The summed E-state index contributed by atoms with van der Waals surface area (Å²) in [5.41, 5.74) is 3.64. The molecule has 0 saturated heterocycles. The molecule has 1 aliphatic carbocycles. The van der Waals surface area contributed by atoms with E-state index in [4.69, 9.17) is 4.74 Å². The second-order valence-corrected chi connectivity index (χ2v) is 11.3. The van der Waals surface area contributed by atoms with Gasteiger partial charge in [0.25, 0.3) is 0 Å². The highest BCUT2D eigenvalue weighted by Crippen LogP contribution is 2.50. The van der Waals surface area contributed by atoms with Crippen molar-refractivity contribution in [2.24, 2.45) is 5.92 Å². The fourth-order valence-corrected chi connectivity index (χ4v) is 5.59. The van der Waals surface area contributed by atoms with Gasteiger partial charge in [-0.2, -0.15) is 5.26 Å². The molecular weight excluding hydrogens is 422 g/mol.